The van der Waals surface area contributed by atoms with E-state index in [0.29, 0.717) is 12.2 Å². The lowest BCUT2D eigenvalue weighted by atomic mass is 9.84. The van der Waals surface area contributed by atoms with Gasteiger partial charge < -0.3 is 10.3 Å². The van der Waals surface area contributed by atoms with Gasteiger partial charge in [-0.1, -0.05) is 62.8 Å². The number of anilines is 1. The second kappa shape index (κ2) is 10.5. The van der Waals surface area contributed by atoms with Gasteiger partial charge in [0.1, 0.15) is 17.1 Å². The van der Waals surface area contributed by atoms with E-state index < -0.39 is 0 Å². The number of hydrogen-bond acceptors (Lipinski definition) is 3. The van der Waals surface area contributed by atoms with Crippen LogP contribution < -0.4 is 5.32 Å². The number of imidazole rings is 1. The van der Waals surface area contributed by atoms with Crippen molar-refractivity contribution in [2.24, 2.45) is 11.8 Å². The molecule has 5 heteroatoms. The van der Waals surface area contributed by atoms with Crippen LogP contribution in [0.5, 0.6) is 0 Å². The first kappa shape index (κ1) is 22.8. The number of nitrogens with one attached hydrogen (secondary N) is 2. The minimum absolute atomic E-state index is 0.107. The highest BCUT2D eigenvalue weighted by Gasteiger charge is 2.23. The first-order valence-electron chi connectivity index (χ1n) is 13.1. The number of nitrogens with zero attached hydrogens (tertiary/aromatic N) is 1. The standard InChI is InChI=1S/C29H35N3O2/c33-26(21-10-3-1-4-11-21)18-17-20-9-7-14-23(19-20)28-30-24-15-8-16-25(27(24)32-28)31-29(34)22-12-5-2-6-13-22/h7-9,14-16,19,21-22H,1-6,10-13,17-18H2,(H,30,32)(H,31,34). The van der Waals surface area contributed by atoms with Gasteiger partial charge in [-0.05, 0) is 55.9 Å². The van der Waals surface area contributed by atoms with Crippen LogP contribution in [0.15, 0.2) is 42.5 Å². The van der Waals surface area contributed by atoms with Gasteiger partial charge in [-0.15, -0.1) is 0 Å². The smallest absolute Gasteiger partial charge is 0.227 e. The second-order valence-corrected chi connectivity index (χ2v) is 10.1. The molecular weight excluding hydrogens is 422 g/mol. The van der Waals surface area contributed by atoms with Crippen LogP contribution in [0.3, 0.4) is 0 Å². The molecule has 2 aliphatic rings. The van der Waals surface area contributed by atoms with Gasteiger partial charge in [0, 0.05) is 23.8 Å². The molecule has 2 fully saturated rings. The van der Waals surface area contributed by atoms with Crippen LogP contribution in [-0.2, 0) is 16.0 Å². The molecule has 5 rings (SSSR count). The lowest BCUT2D eigenvalue weighted by Crippen LogP contribution is -2.24. The van der Waals surface area contributed by atoms with Crippen molar-refractivity contribution in [2.45, 2.75) is 77.0 Å². The van der Waals surface area contributed by atoms with Crippen molar-refractivity contribution < 1.29 is 9.59 Å². The van der Waals surface area contributed by atoms with E-state index in [1.54, 1.807) is 0 Å². The predicted molar refractivity (Wildman–Crippen MR) is 137 cm³/mol. The van der Waals surface area contributed by atoms with Gasteiger partial charge in [-0.25, -0.2) is 4.98 Å². The Morgan fingerprint density at radius 3 is 2.35 bits per heavy atom. The minimum Gasteiger partial charge on any atom is -0.338 e. The molecule has 2 aromatic carbocycles. The predicted octanol–water partition coefficient (Wildman–Crippen LogP) is 6.83. The summed E-state index contributed by atoms with van der Waals surface area (Å²) >= 11 is 0. The summed E-state index contributed by atoms with van der Waals surface area (Å²) in [5.41, 5.74) is 4.63. The van der Waals surface area contributed by atoms with Crippen LogP contribution in [0.1, 0.15) is 76.2 Å². The number of carbonyl (C=O) groups is 2. The van der Waals surface area contributed by atoms with Crippen molar-refractivity contribution in [3.05, 3.63) is 48.0 Å². The molecule has 0 bridgehead atoms. The maximum atomic E-state index is 12.8. The van der Waals surface area contributed by atoms with Gasteiger partial charge in [0.25, 0.3) is 0 Å². The minimum atomic E-state index is 0.107. The Balaban J connectivity index is 1.30. The summed E-state index contributed by atoms with van der Waals surface area (Å²) < 4.78 is 0. The lowest BCUT2D eigenvalue weighted by Gasteiger charge is -2.20. The van der Waals surface area contributed by atoms with Crippen molar-refractivity contribution in [2.75, 3.05) is 5.32 Å². The van der Waals surface area contributed by atoms with Crippen LogP contribution in [-0.4, -0.2) is 21.7 Å². The van der Waals surface area contributed by atoms with E-state index in [4.69, 9.17) is 4.98 Å². The first-order chi connectivity index (χ1) is 16.7. The molecule has 2 N–H and O–H groups in total. The van der Waals surface area contributed by atoms with Gasteiger partial charge in [0.15, 0.2) is 0 Å². The fourth-order valence-corrected chi connectivity index (χ4v) is 5.64. The molecule has 2 aliphatic carbocycles. The molecule has 0 spiro atoms. The van der Waals surface area contributed by atoms with Crippen molar-refractivity contribution in [1.82, 2.24) is 9.97 Å². The number of amides is 1. The molecule has 34 heavy (non-hydrogen) atoms. The summed E-state index contributed by atoms with van der Waals surface area (Å²) in [5, 5.41) is 3.14. The molecule has 0 radical (unpaired) electrons. The SMILES string of the molecule is O=C(CCc1cccc(-c2nc3c(NC(=O)C4CCCCC4)cccc3[nH]2)c1)C1CCCCC1. The van der Waals surface area contributed by atoms with Crippen LogP contribution in [0.4, 0.5) is 5.69 Å². The molecule has 2 saturated carbocycles. The van der Waals surface area contributed by atoms with Crippen molar-refractivity contribution in [3.63, 3.8) is 0 Å². The second-order valence-electron chi connectivity index (χ2n) is 10.1. The van der Waals surface area contributed by atoms with Gasteiger partial charge in [0.2, 0.25) is 5.91 Å². The average molecular weight is 458 g/mol. The van der Waals surface area contributed by atoms with E-state index >= 15 is 0 Å². The number of aryl methyl sites for hydroxylation is 1. The molecule has 1 amide bonds. The van der Waals surface area contributed by atoms with E-state index in [9.17, 15) is 9.59 Å². The van der Waals surface area contributed by atoms with Gasteiger partial charge >= 0.3 is 0 Å². The number of fused-ring (bicyclic) bond motifs is 1. The molecule has 0 unspecified atom stereocenters. The molecule has 5 nitrogen and oxygen atoms in total. The number of aromatic nitrogens is 2. The van der Waals surface area contributed by atoms with E-state index in [0.717, 1.165) is 78.6 Å². The molecule has 1 heterocycles. The Labute approximate surface area is 201 Å². The normalized spacial score (nSPS) is 17.6. The first-order valence-corrected chi connectivity index (χ1v) is 13.1. The zero-order valence-corrected chi connectivity index (χ0v) is 19.9. The molecule has 0 aliphatic heterocycles. The largest absolute Gasteiger partial charge is 0.338 e. The average Bonchev–Trinajstić information content (AvgIpc) is 3.34. The van der Waals surface area contributed by atoms with Crippen LogP contribution in [0.25, 0.3) is 22.4 Å². The van der Waals surface area contributed by atoms with Gasteiger partial charge in [-0.2, -0.15) is 0 Å². The number of benzene rings is 2. The van der Waals surface area contributed by atoms with E-state index in [1.807, 2.05) is 30.3 Å². The third-order valence-corrected chi connectivity index (χ3v) is 7.67. The fourth-order valence-electron chi connectivity index (χ4n) is 5.64. The summed E-state index contributed by atoms with van der Waals surface area (Å²) in [6, 6.07) is 14.2. The van der Waals surface area contributed by atoms with E-state index in [2.05, 4.69) is 22.4 Å². The van der Waals surface area contributed by atoms with Gasteiger partial charge in [-0.3, -0.25) is 9.59 Å². The Kier molecular flexibility index (Phi) is 7.08. The summed E-state index contributed by atoms with van der Waals surface area (Å²) in [6.45, 7) is 0. The maximum Gasteiger partial charge on any atom is 0.227 e. The summed E-state index contributed by atoms with van der Waals surface area (Å²) in [5.74, 6) is 1.70. The van der Waals surface area contributed by atoms with E-state index in [-0.39, 0.29) is 17.7 Å². The molecule has 1 aromatic heterocycles. The quantitative estimate of drug-likeness (QED) is 0.408. The Bertz CT molecular complexity index is 1150. The highest BCUT2D eigenvalue weighted by molar-refractivity contribution is 6.01. The molecule has 3 aromatic rings. The number of Topliss-reactive ketones (excluding diaryl/α,β-unsaturated/α-hetero) is 1. The number of para-hydroxylation sites is 1. The lowest BCUT2D eigenvalue weighted by molar-refractivity contribution is -0.123. The summed E-state index contributed by atoms with van der Waals surface area (Å²) in [7, 11) is 0. The topological polar surface area (TPSA) is 74.8 Å². The van der Waals surface area contributed by atoms with Crippen LogP contribution in [0.2, 0.25) is 0 Å². The molecule has 0 saturated heterocycles. The monoisotopic (exact) mass is 457 g/mol. The molecular formula is C29H35N3O2. The molecule has 0 atom stereocenters. The highest BCUT2D eigenvalue weighted by atomic mass is 16.2. The number of carbonyl (C=O) groups excluding carboxylic acids is 2. The molecule has 178 valence electrons. The number of hydrogen-bond donors (Lipinski definition) is 2. The number of rotatable bonds is 7. The van der Waals surface area contributed by atoms with Gasteiger partial charge in [0.05, 0.1) is 11.2 Å². The van der Waals surface area contributed by atoms with Crippen molar-refractivity contribution in [3.8, 4) is 11.4 Å². The van der Waals surface area contributed by atoms with Crippen LogP contribution in [0, 0.1) is 11.8 Å². The number of H-pyrrole nitrogens is 1. The zero-order chi connectivity index (χ0) is 23.3. The van der Waals surface area contributed by atoms with Crippen LogP contribution >= 0.6 is 0 Å². The van der Waals surface area contributed by atoms with Crippen molar-refractivity contribution >= 4 is 28.4 Å². The fraction of sp³-hybridized carbons (Fsp3) is 0.483. The Morgan fingerprint density at radius 1 is 0.882 bits per heavy atom. The number of ketones is 1. The van der Waals surface area contributed by atoms with Crippen molar-refractivity contribution in [1.29, 1.82) is 0 Å². The zero-order valence-electron chi connectivity index (χ0n) is 19.9. The Morgan fingerprint density at radius 2 is 1.59 bits per heavy atom. The highest BCUT2D eigenvalue weighted by Crippen LogP contribution is 2.30. The maximum absolute atomic E-state index is 12.8. The number of aromatic amines is 1. The third-order valence-electron chi connectivity index (χ3n) is 7.67. The summed E-state index contributed by atoms with van der Waals surface area (Å²) in [6.07, 6.45) is 12.6. The third kappa shape index (κ3) is 5.24. The summed E-state index contributed by atoms with van der Waals surface area (Å²) in [4.78, 5) is 33.7. The van der Waals surface area contributed by atoms with E-state index in [1.165, 1.54) is 25.7 Å². The Hall–Kier alpha value is -2.95.